The Balaban J connectivity index is 3.10. The van der Waals surface area contributed by atoms with E-state index in [0.29, 0.717) is 0 Å². The lowest BCUT2D eigenvalue weighted by Gasteiger charge is -2.30. The molecule has 0 saturated carbocycles. The van der Waals surface area contributed by atoms with E-state index in [-0.39, 0.29) is 18.4 Å². The van der Waals surface area contributed by atoms with Gasteiger partial charge in [-0.15, -0.1) is 0 Å². The molecule has 0 aliphatic rings. The van der Waals surface area contributed by atoms with Gasteiger partial charge in [0.15, 0.2) is 5.85 Å². The summed E-state index contributed by atoms with van der Waals surface area (Å²) in [6.07, 6.45) is -0.654. The van der Waals surface area contributed by atoms with E-state index < -0.39 is 43.2 Å². The van der Waals surface area contributed by atoms with Gasteiger partial charge in [-0.1, -0.05) is 37.3 Å². The Labute approximate surface area is 134 Å². The fraction of sp³-hybridized carbons (Fsp3) is 0.467. The van der Waals surface area contributed by atoms with Crippen LogP contribution in [0.15, 0.2) is 30.3 Å². The number of hydrogen-bond acceptors (Lipinski definition) is 4. The van der Waals surface area contributed by atoms with Crippen molar-refractivity contribution in [1.29, 1.82) is 0 Å². The molecule has 0 aromatic heterocycles. The van der Waals surface area contributed by atoms with Crippen LogP contribution in [-0.2, 0) is 14.2 Å². The molecule has 0 aliphatic heterocycles. The van der Waals surface area contributed by atoms with Crippen LogP contribution < -0.4 is 0 Å². The predicted octanol–water partition coefficient (Wildman–Crippen LogP) is 2.29. The number of aliphatic hydroxyl groups is 1. The topological polar surface area (TPSA) is 132 Å². The van der Waals surface area contributed by atoms with Crippen molar-refractivity contribution in [1.82, 2.24) is 0 Å². The monoisotopic (exact) mass is 344 g/mol. The molecule has 1 aromatic rings. The Morgan fingerprint density at radius 1 is 1.17 bits per heavy atom. The van der Waals surface area contributed by atoms with E-state index in [1.54, 1.807) is 25.1 Å². The van der Waals surface area contributed by atoms with Crippen LogP contribution in [-0.4, -0.2) is 37.8 Å². The third-order valence-electron chi connectivity index (χ3n) is 3.79. The molecule has 0 fully saturated rings. The highest BCUT2D eigenvalue weighted by Crippen LogP contribution is 2.61. The normalized spacial score (nSPS) is 17.7. The number of aliphatic hydroxyl groups excluding tert-OH is 1. The molecule has 8 heteroatoms. The minimum absolute atomic E-state index is 0.0360. The maximum Gasteiger partial charge on any atom is 0.307 e. The second-order valence-corrected chi connectivity index (χ2v) is 7.81. The predicted molar refractivity (Wildman–Crippen MR) is 83.3 cm³/mol. The molecule has 0 amide bonds. The van der Waals surface area contributed by atoms with Crippen molar-refractivity contribution >= 4 is 19.3 Å². The summed E-state index contributed by atoms with van der Waals surface area (Å²) in [6, 6.07) is 7.83. The van der Waals surface area contributed by atoms with Gasteiger partial charge in [-0.2, -0.15) is 0 Å². The molecule has 0 radical (unpaired) electrons. The van der Waals surface area contributed by atoms with Crippen LogP contribution in [0, 0.1) is 5.92 Å². The van der Waals surface area contributed by atoms with Crippen molar-refractivity contribution in [2.75, 3.05) is 0 Å². The van der Waals surface area contributed by atoms with E-state index in [0.717, 1.165) is 0 Å². The van der Waals surface area contributed by atoms with Crippen LogP contribution in [0.4, 0.5) is 0 Å². The number of aliphatic carboxylic acids is 2. The summed E-state index contributed by atoms with van der Waals surface area (Å²) in [4.78, 5) is 32.5. The SMILES string of the molecule is CCC(C(CCC(=O)O)C(=O)O)P(=O)(O)C(O)c1ccccc1. The van der Waals surface area contributed by atoms with Gasteiger partial charge in [-0.05, 0) is 18.4 Å². The van der Waals surface area contributed by atoms with Gasteiger partial charge in [0.2, 0.25) is 7.37 Å². The number of hydrogen-bond donors (Lipinski definition) is 4. The lowest BCUT2D eigenvalue weighted by molar-refractivity contribution is -0.143. The zero-order chi connectivity index (χ0) is 17.6. The Bertz CT molecular complexity index is 587. The number of carboxylic acid groups (broad SMARTS) is 2. The number of rotatable bonds is 9. The average Bonchev–Trinajstić information content (AvgIpc) is 2.50. The van der Waals surface area contributed by atoms with E-state index >= 15 is 0 Å². The van der Waals surface area contributed by atoms with Crippen molar-refractivity contribution in [2.24, 2.45) is 5.92 Å². The van der Waals surface area contributed by atoms with E-state index in [4.69, 9.17) is 5.11 Å². The molecule has 0 spiro atoms. The fourth-order valence-corrected chi connectivity index (χ4v) is 4.86. The Hall–Kier alpha value is -1.69. The fourth-order valence-electron chi connectivity index (χ4n) is 2.58. The van der Waals surface area contributed by atoms with Gasteiger partial charge in [0.25, 0.3) is 0 Å². The van der Waals surface area contributed by atoms with Crippen molar-refractivity contribution in [3.05, 3.63) is 35.9 Å². The van der Waals surface area contributed by atoms with Crippen LogP contribution in [0.2, 0.25) is 0 Å². The first kappa shape index (κ1) is 19.4. The summed E-state index contributed by atoms with van der Waals surface area (Å²) in [5.41, 5.74) is -1.01. The molecule has 128 valence electrons. The first-order chi connectivity index (χ1) is 10.7. The molecule has 0 heterocycles. The maximum absolute atomic E-state index is 12.7. The van der Waals surface area contributed by atoms with Crippen molar-refractivity contribution in [2.45, 2.75) is 37.7 Å². The summed E-state index contributed by atoms with van der Waals surface area (Å²) < 4.78 is 12.7. The van der Waals surface area contributed by atoms with Gasteiger partial charge in [0, 0.05) is 6.42 Å². The summed E-state index contributed by atoms with van der Waals surface area (Å²) >= 11 is 0. The largest absolute Gasteiger partial charge is 0.481 e. The second-order valence-electron chi connectivity index (χ2n) is 5.31. The minimum Gasteiger partial charge on any atom is -0.481 e. The highest BCUT2D eigenvalue weighted by molar-refractivity contribution is 7.59. The van der Waals surface area contributed by atoms with Crippen LogP contribution in [0.3, 0.4) is 0 Å². The van der Waals surface area contributed by atoms with Gasteiger partial charge in [-0.25, -0.2) is 0 Å². The molecule has 0 saturated heterocycles. The van der Waals surface area contributed by atoms with Crippen molar-refractivity contribution in [3.8, 4) is 0 Å². The van der Waals surface area contributed by atoms with Crippen LogP contribution in [0.5, 0.6) is 0 Å². The van der Waals surface area contributed by atoms with E-state index in [9.17, 15) is 29.3 Å². The molecule has 1 rings (SSSR count). The molecule has 1 aromatic carbocycles. The van der Waals surface area contributed by atoms with Gasteiger partial charge in [-0.3, -0.25) is 14.2 Å². The average molecular weight is 344 g/mol. The van der Waals surface area contributed by atoms with Gasteiger partial charge >= 0.3 is 11.9 Å². The molecule has 4 N–H and O–H groups in total. The Kier molecular flexibility index (Phi) is 6.94. The molecule has 4 unspecified atom stereocenters. The minimum atomic E-state index is -4.30. The van der Waals surface area contributed by atoms with E-state index in [1.165, 1.54) is 12.1 Å². The molecular weight excluding hydrogens is 323 g/mol. The quantitative estimate of drug-likeness (QED) is 0.505. The summed E-state index contributed by atoms with van der Waals surface area (Å²) in [7, 11) is -4.30. The Morgan fingerprint density at radius 2 is 1.74 bits per heavy atom. The molecule has 23 heavy (non-hydrogen) atoms. The summed E-state index contributed by atoms with van der Waals surface area (Å²) in [6.45, 7) is 1.54. The molecule has 4 atom stereocenters. The smallest absolute Gasteiger partial charge is 0.307 e. The third-order valence-corrected chi connectivity index (χ3v) is 6.47. The van der Waals surface area contributed by atoms with Crippen LogP contribution >= 0.6 is 7.37 Å². The summed E-state index contributed by atoms with van der Waals surface area (Å²) in [5.74, 6) is -5.54. The van der Waals surface area contributed by atoms with Crippen LogP contribution in [0.1, 0.15) is 37.6 Å². The second kappa shape index (κ2) is 8.24. The highest BCUT2D eigenvalue weighted by atomic mass is 31.2. The van der Waals surface area contributed by atoms with E-state index in [2.05, 4.69) is 0 Å². The van der Waals surface area contributed by atoms with Crippen molar-refractivity contribution < 1.29 is 34.4 Å². The number of carboxylic acids is 2. The maximum atomic E-state index is 12.7. The molecular formula is C15H21O7P. The van der Waals surface area contributed by atoms with Gasteiger partial charge < -0.3 is 20.2 Å². The molecule has 0 aliphatic carbocycles. The Morgan fingerprint density at radius 3 is 2.17 bits per heavy atom. The van der Waals surface area contributed by atoms with Gasteiger partial charge in [0.05, 0.1) is 11.6 Å². The zero-order valence-electron chi connectivity index (χ0n) is 12.7. The number of benzene rings is 1. The summed E-state index contributed by atoms with van der Waals surface area (Å²) in [5, 5.41) is 28.2. The first-order valence-electron chi connectivity index (χ1n) is 7.21. The molecule has 7 nitrogen and oxygen atoms in total. The molecule has 0 bridgehead atoms. The highest BCUT2D eigenvalue weighted by Gasteiger charge is 2.44. The third kappa shape index (κ3) is 4.89. The lowest BCUT2D eigenvalue weighted by Crippen LogP contribution is -2.30. The standard InChI is InChI=1S/C15H21O7P/c1-2-12(11(14(18)19)8-9-13(16)17)23(21,22)15(20)10-6-4-3-5-7-10/h3-7,11-12,15,20H,2,8-9H2,1H3,(H,16,17)(H,18,19)(H,21,22). The zero-order valence-corrected chi connectivity index (χ0v) is 13.6. The van der Waals surface area contributed by atoms with Crippen LogP contribution in [0.25, 0.3) is 0 Å². The van der Waals surface area contributed by atoms with Gasteiger partial charge in [0.1, 0.15) is 0 Å². The van der Waals surface area contributed by atoms with Crippen molar-refractivity contribution in [3.63, 3.8) is 0 Å². The number of carbonyl (C=O) groups is 2. The first-order valence-corrected chi connectivity index (χ1v) is 9.01. The lowest BCUT2D eigenvalue weighted by atomic mass is 9.97. The van der Waals surface area contributed by atoms with E-state index in [1.807, 2.05) is 0 Å².